The van der Waals surface area contributed by atoms with E-state index in [1.165, 1.54) is 70.6 Å². The van der Waals surface area contributed by atoms with Crippen LogP contribution in [0.1, 0.15) is 103 Å². The first-order chi connectivity index (χ1) is 15.2. The van der Waals surface area contributed by atoms with E-state index >= 15 is 0 Å². The van der Waals surface area contributed by atoms with Gasteiger partial charge in [0.1, 0.15) is 12.2 Å². The van der Waals surface area contributed by atoms with Crippen molar-refractivity contribution in [1.82, 2.24) is 0 Å². The van der Waals surface area contributed by atoms with Gasteiger partial charge in [0.15, 0.2) is 0 Å². The highest BCUT2D eigenvalue weighted by molar-refractivity contribution is 5.69. The molecule has 0 spiro atoms. The van der Waals surface area contributed by atoms with Crippen LogP contribution in [0.2, 0.25) is 0 Å². The third-order valence-corrected chi connectivity index (χ3v) is 5.76. The number of methoxy groups -OCH3 is 1. The van der Waals surface area contributed by atoms with Gasteiger partial charge in [-0.15, -0.1) is 6.58 Å². The van der Waals surface area contributed by atoms with E-state index < -0.39 is 0 Å². The fraction of sp³-hybridized carbons (Fsp3) is 0.679. The van der Waals surface area contributed by atoms with E-state index in [2.05, 4.69) is 25.7 Å². The summed E-state index contributed by atoms with van der Waals surface area (Å²) in [6.45, 7) is 6.03. The molecule has 0 N–H and O–H groups in total. The third kappa shape index (κ3) is 14.1. The van der Waals surface area contributed by atoms with Gasteiger partial charge < -0.3 is 9.47 Å². The summed E-state index contributed by atoms with van der Waals surface area (Å²) >= 11 is 0. The molecule has 2 unspecified atom stereocenters. The van der Waals surface area contributed by atoms with Gasteiger partial charge >= 0.3 is 5.97 Å². The lowest BCUT2D eigenvalue weighted by atomic mass is 10.00. The third-order valence-electron chi connectivity index (χ3n) is 5.76. The summed E-state index contributed by atoms with van der Waals surface area (Å²) in [6.07, 6.45) is 29.6. The molecule has 0 bridgehead atoms. The van der Waals surface area contributed by atoms with Gasteiger partial charge in [-0.2, -0.15) is 0 Å². The van der Waals surface area contributed by atoms with Crippen molar-refractivity contribution < 1.29 is 14.3 Å². The average molecular weight is 431 g/mol. The molecule has 1 aliphatic rings. The van der Waals surface area contributed by atoms with Crippen LogP contribution in [0.4, 0.5) is 0 Å². The highest BCUT2D eigenvalue weighted by Crippen LogP contribution is 2.20. The first kappa shape index (κ1) is 27.4. The zero-order valence-electron chi connectivity index (χ0n) is 20.2. The number of carbonyl (C=O) groups is 1. The molecular formula is C28H46O3. The zero-order chi connectivity index (χ0) is 22.6. The molecule has 1 aliphatic carbocycles. The van der Waals surface area contributed by atoms with E-state index in [0.29, 0.717) is 6.42 Å². The van der Waals surface area contributed by atoms with Crippen LogP contribution in [0.15, 0.2) is 48.6 Å². The van der Waals surface area contributed by atoms with Gasteiger partial charge in [0.05, 0.1) is 0 Å². The second kappa shape index (κ2) is 19.1. The van der Waals surface area contributed by atoms with Gasteiger partial charge in [-0.25, -0.2) is 0 Å². The van der Waals surface area contributed by atoms with E-state index in [9.17, 15) is 4.79 Å². The van der Waals surface area contributed by atoms with Gasteiger partial charge in [0.25, 0.3) is 0 Å². The molecule has 0 aromatic heterocycles. The first-order valence-electron chi connectivity index (χ1n) is 12.6. The molecule has 0 heterocycles. The monoisotopic (exact) mass is 430 g/mol. The molecular weight excluding hydrogens is 384 g/mol. The van der Waals surface area contributed by atoms with Crippen molar-refractivity contribution in [2.75, 3.05) is 7.11 Å². The molecule has 31 heavy (non-hydrogen) atoms. The first-order valence-corrected chi connectivity index (χ1v) is 12.6. The molecule has 0 aromatic rings. The summed E-state index contributed by atoms with van der Waals surface area (Å²) in [5, 5.41) is 0. The number of rotatable bonds is 19. The molecule has 0 saturated heterocycles. The topological polar surface area (TPSA) is 35.5 Å². The minimum Gasteiger partial charge on any atom is -0.455 e. The molecule has 0 saturated carbocycles. The average Bonchev–Trinajstić information content (AvgIpc) is 2.77. The number of unbranched alkanes of at least 4 members (excludes halogenated alkanes) is 11. The van der Waals surface area contributed by atoms with Crippen molar-refractivity contribution >= 4 is 5.97 Å². The Labute approximate surface area is 191 Å². The van der Waals surface area contributed by atoms with Gasteiger partial charge in [-0.1, -0.05) is 82.6 Å². The van der Waals surface area contributed by atoms with E-state index in [-0.39, 0.29) is 18.2 Å². The van der Waals surface area contributed by atoms with E-state index in [1.807, 2.05) is 24.3 Å². The Morgan fingerprint density at radius 3 is 2.16 bits per heavy atom. The Morgan fingerprint density at radius 2 is 1.55 bits per heavy atom. The second-order valence-electron chi connectivity index (χ2n) is 8.58. The summed E-state index contributed by atoms with van der Waals surface area (Å²) in [4.78, 5) is 12.2. The normalized spacial score (nSPS) is 18.3. The number of carbonyl (C=O) groups excluding carboxylic acids is 1. The number of allylic oxidation sites excluding steroid dienone is 5. The summed E-state index contributed by atoms with van der Waals surface area (Å²) in [6, 6.07) is 0. The van der Waals surface area contributed by atoms with Crippen molar-refractivity contribution in [3.63, 3.8) is 0 Å². The molecule has 0 aliphatic heterocycles. The molecule has 0 radical (unpaired) electrons. The maximum atomic E-state index is 12.2. The van der Waals surface area contributed by atoms with Gasteiger partial charge in [-0.3, -0.25) is 4.79 Å². The molecule has 3 heteroatoms. The highest BCUT2D eigenvalue weighted by Gasteiger charge is 2.23. The summed E-state index contributed by atoms with van der Waals surface area (Å²) < 4.78 is 11.1. The standard InChI is InChI=1S/C28H46O3/c1-4-6-7-8-9-10-11-12-13-14-15-16-17-18-19-21-28(29)31-26-23-22-25(20-5-2)24-27(26)30-3/h5,12-13,22-24,26-27H,2,4,6-11,14-21H2,1,3H3/b13-12-. The zero-order valence-corrected chi connectivity index (χ0v) is 20.2. The van der Waals surface area contributed by atoms with Crippen molar-refractivity contribution in [3.05, 3.63) is 48.6 Å². The Morgan fingerprint density at radius 1 is 0.935 bits per heavy atom. The Kier molecular flexibility index (Phi) is 16.9. The fourth-order valence-electron chi connectivity index (χ4n) is 3.85. The Hall–Kier alpha value is -1.61. The smallest absolute Gasteiger partial charge is 0.306 e. The second-order valence-corrected chi connectivity index (χ2v) is 8.58. The minimum atomic E-state index is -0.325. The SMILES string of the molecule is C=CCC1=CC(OC)C(OC(=O)CCCCCCC/C=C\CCCCCCCC)C=C1. The van der Waals surface area contributed by atoms with E-state index in [0.717, 1.165) is 24.8 Å². The van der Waals surface area contributed by atoms with Crippen molar-refractivity contribution in [2.45, 2.75) is 115 Å². The summed E-state index contributed by atoms with van der Waals surface area (Å²) in [7, 11) is 1.65. The molecule has 0 aromatic carbocycles. The van der Waals surface area contributed by atoms with Crippen molar-refractivity contribution in [1.29, 1.82) is 0 Å². The van der Waals surface area contributed by atoms with Gasteiger partial charge in [0.2, 0.25) is 0 Å². The lowest BCUT2D eigenvalue weighted by Gasteiger charge is -2.24. The van der Waals surface area contributed by atoms with Gasteiger partial charge in [0, 0.05) is 13.5 Å². The lowest BCUT2D eigenvalue weighted by Crippen LogP contribution is -2.31. The van der Waals surface area contributed by atoms with Crippen molar-refractivity contribution in [3.8, 4) is 0 Å². The Bertz CT molecular complexity index is 559. The largest absolute Gasteiger partial charge is 0.455 e. The van der Waals surface area contributed by atoms with Gasteiger partial charge in [-0.05, 0) is 56.3 Å². The molecule has 2 atom stereocenters. The predicted octanol–water partition coefficient (Wildman–Crippen LogP) is 8.02. The maximum Gasteiger partial charge on any atom is 0.306 e. The minimum absolute atomic E-state index is 0.130. The summed E-state index contributed by atoms with van der Waals surface area (Å²) in [5.74, 6) is -0.130. The molecule has 0 fully saturated rings. The van der Waals surface area contributed by atoms with Crippen LogP contribution in [0.25, 0.3) is 0 Å². The number of hydrogen-bond donors (Lipinski definition) is 0. The highest BCUT2D eigenvalue weighted by atomic mass is 16.6. The number of esters is 1. The molecule has 3 nitrogen and oxygen atoms in total. The van der Waals surface area contributed by atoms with Crippen LogP contribution in [0, 0.1) is 0 Å². The van der Waals surface area contributed by atoms with Crippen molar-refractivity contribution in [2.24, 2.45) is 0 Å². The van der Waals surface area contributed by atoms with Crippen LogP contribution >= 0.6 is 0 Å². The molecule has 0 amide bonds. The molecule has 176 valence electrons. The maximum absolute atomic E-state index is 12.2. The van der Waals surface area contributed by atoms with Crippen LogP contribution in [0.3, 0.4) is 0 Å². The summed E-state index contributed by atoms with van der Waals surface area (Å²) in [5.41, 5.74) is 1.14. The number of ether oxygens (including phenoxy) is 2. The Balaban J connectivity index is 1.98. The van der Waals surface area contributed by atoms with Crippen LogP contribution < -0.4 is 0 Å². The van der Waals surface area contributed by atoms with Crippen LogP contribution in [-0.4, -0.2) is 25.3 Å². The fourth-order valence-corrected chi connectivity index (χ4v) is 3.85. The van der Waals surface area contributed by atoms with Crippen LogP contribution in [-0.2, 0) is 14.3 Å². The quantitative estimate of drug-likeness (QED) is 0.118. The number of hydrogen-bond acceptors (Lipinski definition) is 3. The lowest BCUT2D eigenvalue weighted by molar-refractivity contribution is -0.151. The van der Waals surface area contributed by atoms with Crippen LogP contribution in [0.5, 0.6) is 0 Å². The molecule has 1 rings (SSSR count). The van der Waals surface area contributed by atoms with E-state index in [4.69, 9.17) is 9.47 Å². The van der Waals surface area contributed by atoms with E-state index in [1.54, 1.807) is 7.11 Å². The predicted molar refractivity (Wildman–Crippen MR) is 132 cm³/mol.